The van der Waals surface area contributed by atoms with Crippen molar-refractivity contribution in [3.05, 3.63) is 15.6 Å². The highest BCUT2D eigenvalue weighted by atomic mass is 32.2. The number of rotatable bonds is 7. The van der Waals surface area contributed by atoms with Crippen molar-refractivity contribution >= 4 is 23.1 Å². The number of nitrogens with zero attached hydrogens (tertiary/aromatic N) is 1. The number of hydrogen-bond donors (Lipinski definition) is 1. The highest BCUT2D eigenvalue weighted by Gasteiger charge is 2.21. The van der Waals surface area contributed by atoms with Gasteiger partial charge in [-0.15, -0.1) is 11.3 Å². The number of aromatic nitrogens is 1. The molecule has 1 N–H and O–H groups in total. The molecule has 1 fully saturated rings. The zero-order valence-electron chi connectivity index (χ0n) is 11.9. The van der Waals surface area contributed by atoms with Crippen molar-refractivity contribution in [2.75, 3.05) is 19.4 Å². The molecule has 1 aliphatic rings. The molecule has 0 bridgehead atoms. The van der Waals surface area contributed by atoms with Gasteiger partial charge in [-0.3, -0.25) is 0 Å². The first-order valence-corrected chi connectivity index (χ1v) is 9.01. The molecule has 1 atom stereocenters. The summed E-state index contributed by atoms with van der Waals surface area (Å²) >= 11 is 3.95. The Hall–Kier alpha value is -0.100. The number of ether oxygens (including phenoxy) is 1. The Morgan fingerprint density at radius 1 is 1.42 bits per heavy atom. The van der Waals surface area contributed by atoms with E-state index in [2.05, 4.69) is 24.0 Å². The Kier molecular flexibility index (Phi) is 6.64. The van der Waals surface area contributed by atoms with Gasteiger partial charge >= 0.3 is 0 Å². The van der Waals surface area contributed by atoms with Crippen molar-refractivity contribution in [1.82, 2.24) is 10.3 Å². The Balaban J connectivity index is 2.04. The molecular weight excluding hydrogens is 276 g/mol. The van der Waals surface area contributed by atoms with Crippen LogP contribution in [0.25, 0.3) is 0 Å². The average molecular weight is 300 g/mol. The average Bonchev–Trinajstić information content (AvgIpc) is 2.84. The van der Waals surface area contributed by atoms with Crippen LogP contribution in [-0.2, 0) is 17.9 Å². The van der Waals surface area contributed by atoms with Crippen LogP contribution in [0.4, 0.5) is 0 Å². The maximum absolute atomic E-state index is 5.29. The van der Waals surface area contributed by atoms with E-state index in [1.807, 2.05) is 11.3 Å². The van der Waals surface area contributed by atoms with Crippen LogP contribution in [0, 0.1) is 0 Å². The number of methoxy groups -OCH3 is 1. The predicted octanol–water partition coefficient (Wildman–Crippen LogP) is 3.75. The maximum Gasteiger partial charge on any atom is 0.106 e. The van der Waals surface area contributed by atoms with E-state index in [1.54, 1.807) is 7.11 Å². The summed E-state index contributed by atoms with van der Waals surface area (Å²) in [6.07, 6.45) is 5.17. The lowest BCUT2D eigenvalue weighted by atomic mass is 10.2. The van der Waals surface area contributed by atoms with Gasteiger partial charge in [-0.05, 0) is 31.6 Å². The maximum atomic E-state index is 5.29. The zero-order chi connectivity index (χ0) is 13.5. The lowest BCUT2D eigenvalue weighted by Crippen LogP contribution is -2.14. The monoisotopic (exact) mass is 300 g/mol. The third-order valence-electron chi connectivity index (χ3n) is 3.24. The third kappa shape index (κ3) is 4.45. The highest BCUT2D eigenvalue weighted by Crippen LogP contribution is 2.40. The van der Waals surface area contributed by atoms with Gasteiger partial charge in [0.25, 0.3) is 0 Å². The minimum Gasteiger partial charge on any atom is -0.378 e. The smallest absolute Gasteiger partial charge is 0.106 e. The van der Waals surface area contributed by atoms with E-state index in [0.717, 1.165) is 18.8 Å². The first kappa shape index (κ1) is 15.3. The Morgan fingerprint density at radius 2 is 2.32 bits per heavy atom. The first-order chi connectivity index (χ1) is 9.35. The van der Waals surface area contributed by atoms with E-state index in [-0.39, 0.29) is 0 Å². The van der Waals surface area contributed by atoms with Crippen LogP contribution in [-0.4, -0.2) is 24.4 Å². The molecule has 1 aliphatic heterocycles. The summed E-state index contributed by atoms with van der Waals surface area (Å²) in [7, 11) is 1.75. The molecule has 19 heavy (non-hydrogen) atoms. The molecule has 0 saturated carbocycles. The number of hydrogen-bond acceptors (Lipinski definition) is 5. The summed E-state index contributed by atoms with van der Waals surface area (Å²) in [5, 5.41) is 5.40. The van der Waals surface area contributed by atoms with Crippen molar-refractivity contribution in [2.24, 2.45) is 0 Å². The van der Waals surface area contributed by atoms with Gasteiger partial charge < -0.3 is 10.1 Å². The topological polar surface area (TPSA) is 34.2 Å². The fourth-order valence-corrected chi connectivity index (χ4v) is 4.83. The summed E-state index contributed by atoms with van der Waals surface area (Å²) in [6, 6.07) is 0. The molecule has 0 aromatic carbocycles. The molecule has 2 rings (SSSR count). The molecule has 1 saturated heterocycles. The fraction of sp³-hybridized carbons (Fsp3) is 0.786. The molecule has 1 aromatic rings. The second-order valence-corrected chi connectivity index (χ2v) is 7.31. The second-order valence-electron chi connectivity index (χ2n) is 4.89. The summed E-state index contributed by atoms with van der Waals surface area (Å²) in [5.41, 5.74) is 1.14. The number of nitrogens with one attached hydrogen (secondary N) is 1. The molecule has 0 spiro atoms. The van der Waals surface area contributed by atoms with Crippen molar-refractivity contribution in [3.63, 3.8) is 0 Å². The lowest BCUT2D eigenvalue weighted by Gasteiger charge is -2.18. The molecule has 0 amide bonds. The van der Waals surface area contributed by atoms with Crippen molar-refractivity contribution in [1.29, 1.82) is 0 Å². The molecule has 1 unspecified atom stereocenters. The normalized spacial score (nSPS) is 19.8. The van der Waals surface area contributed by atoms with E-state index in [9.17, 15) is 0 Å². The predicted molar refractivity (Wildman–Crippen MR) is 83.9 cm³/mol. The van der Waals surface area contributed by atoms with Crippen LogP contribution in [0.2, 0.25) is 0 Å². The Bertz CT molecular complexity index is 376. The van der Waals surface area contributed by atoms with Crippen LogP contribution < -0.4 is 5.32 Å². The number of thiazole rings is 1. The van der Waals surface area contributed by atoms with Gasteiger partial charge in [-0.25, -0.2) is 4.98 Å². The Labute approximate surface area is 124 Å². The first-order valence-electron chi connectivity index (χ1n) is 7.15. The molecule has 0 radical (unpaired) electrons. The molecule has 2 heterocycles. The molecular formula is C14H24N2OS2. The highest BCUT2D eigenvalue weighted by molar-refractivity contribution is 7.99. The fourth-order valence-electron chi connectivity index (χ4n) is 2.24. The van der Waals surface area contributed by atoms with E-state index < -0.39 is 0 Å². The van der Waals surface area contributed by atoms with Crippen molar-refractivity contribution in [3.8, 4) is 0 Å². The van der Waals surface area contributed by atoms with Crippen LogP contribution in [0.3, 0.4) is 0 Å². The zero-order valence-corrected chi connectivity index (χ0v) is 13.5. The van der Waals surface area contributed by atoms with E-state index in [1.165, 1.54) is 41.3 Å². The van der Waals surface area contributed by atoms with Gasteiger partial charge in [-0.1, -0.05) is 13.3 Å². The van der Waals surface area contributed by atoms with Crippen LogP contribution in [0.15, 0.2) is 0 Å². The van der Waals surface area contributed by atoms with Crippen LogP contribution >= 0.6 is 23.1 Å². The SMILES string of the molecule is CCCNCc1sc(C2CCCCS2)nc1COC. The van der Waals surface area contributed by atoms with E-state index >= 15 is 0 Å². The minimum atomic E-state index is 0.620. The van der Waals surface area contributed by atoms with Crippen LogP contribution in [0.5, 0.6) is 0 Å². The van der Waals surface area contributed by atoms with Crippen molar-refractivity contribution in [2.45, 2.75) is 51.0 Å². The molecule has 1 aromatic heterocycles. The van der Waals surface area contributed by atoms with Gasteiger partial charge in [0, 0.05) is 18.5 Å². The van der Waals surface area contributed by atoms with Gasteiger partial charge in [0.15, 0.2) is 0 Å². The summed E-state index contributed by atoms with van der Waals surface area (Å²) in [6.45, 7) is 4.83. The number of thioether (sulfide) groups is 1. The van der Waals surface area contributed by atoms with Crippen LogP contribution in [0.1, 0.15) is 53.4 Å². The van der Waals surface area contributed by atoms with Crippen molar-refractivity contribution < 1.29 is 4.74 Å². The van der Waals surface area contributed by atoms with E-state index in [4.69, 9.17) is 9.72 Å². The van der Waals surface area contributed by atoms with E-state index in [0.29, 0.717) is 11.9 Å². The third-order valence-corrected chi connectivity index (χ3v) is 5.99. The summed E-state index contributed by atoms with van der Waals surface area (Å²) in [4.78, 5) is 6.19. The molecule has 108 valence electrons. The van der Waals surface area contributed by atoms with Gasteiger partial charge in [0.1, 0.15) is 5.01 Å². The Morgan fingerprint density at radius 3 is 3.00 bits per heavy atom. The molecule has 5 heteroatoms. The lowest BCUT2D eigenvalue weighted by molar-refractivity contribution is 0.181. The second kappa shape index (κ2) is 8.25. The quantitative estimate of drug-likeness (QED) is 0.778. The summed E-state index contributed by atoms with van der Waals surface area (Å²) < 4.78 is 5.29. The van der Waals surface area contributed by atoms with Gasteiger partial charge in [0.2, 0.25) is 0 Å². The summed E-state index contributed by atoms with van der Waals surface area (Å²) in [5.74, 6) is 1.28. The van der Waals surface area contributed by atoms with Gasteiger partial charge in [-0.2, -0.15) is 11.8 Å². The standard InChI is InChI=1S/C14H24N2OS2/c1-3-7-15-9-13-11(10-17-2)16-14(19-13)12-6-4-5-8-18-12/h12,15H,3-10H2,1-2H3. The molecule has 0 aliphatic carbocycles. The molecule has 3 nitrogen and oxygen atoms in total. The largest absolute Gasteiger partial charge is 0.378 e. The minimum absolute atomic E-state index is 0.620. The van der Waals surface area contributed by atoms with Gasteiger partial charge in [0.05, 0.1) is 17.6 Å².